The zero-order valence-electron chi connectivity index (χ0n) is 16.3. The first-order valence-corrected chi connectivity index (χ1v) is 9.09. The molecule has 1 saturated heterocycles. The summed E-state index contributed by atoms with van der Waals surface area (Å²) in [4.78, 5) is 26.5. The van der Waals surface area contributed by atoms with Crippen molar-refractivity contribution in [2.45, 2.75) is 19.3 Å². The summed E-state index contributed by atoms with van der Waals surface area (Å²) in [5.74, 6) is 1.37. The second-order valence-corrected chi connectivity index (χ2v) is 6.41. The monoisotopic (exact) mass is 384 g/mol. The summed E-state index contributed by atoms with van der Waals surface area (Å²) in [5, 5.41) is 2.84. The van der Waals surface area contributed by atoms with Crippen LogP contribution in [0.1, 0.15) is 29.6 Å². The van der Waals surface area contributed by atoms with Gasteiger partial charge < -0.3 is 24.4 Å². The van der Waals surface area contributed by atoms with Crippen molar-refractivity contribution in [3.05, 3.63) is 42.0 Å². The lowest BCUT2D eigenvalue weighted by molar-refractivity contribution is -0.119. The Hall–Kier alpha value is -3.22. The minimum absolute atomic E-state index is 0.0895. The van der Waals surface area contributed by atoms with E-state index in [9.17, 15) is 9.59 Å². The SMILES string of the molecule is COc1ccc(C(=O)Nc2ccc(N3CCCCC3=O)c(OC)c2)cc1OC. The van der Waals surface area contributed by atoms with Gasteiger partial charge in [-0.15, -0.1) is 0 Å². The van der Waals surface area contributed by atoms with Crippen LogP contribution in [0.5, 0.6) is 17.2 Å². The molecule has 28 heavy (non-hydrogen) atoms. The van der Waals surface area contributed by atoms with Crippen molar-refractivity contribution < 1.29 is 23.8 Å². The topological polar surface area (TPSA) is 77.1 Å². The molecule has 2 aromatic rings. The lowest BCUT2D eigenvalue weighted by Crippen LogP contribution is -2.35. The molecular formula is C21H24N2O5. The fourth-order valence-corrected chi connectivity index (χ4v) is 3.22. The molecule has 7 heteroatoms. The van der Waals surface area contributed by atoms with Gasteiger partial charge >= 0.3 is 0 Å². The first-order chi connectivity index (χ1) is 13.6. The van der Waals surface area contributed by atoms with Gasteiger partial charge in [0.25, 0.3) is 5.91 Å². The van der Waals surface area contributed by atoms with Crippen molar-refractivity contribution in [3.8, 4) is 17.2 Å². The number of methoxy groups -OCH3 is 3. The number of benzene rings is 2. The zero-order valence-corrected chi connectivity index (χ0v) is 16.3. The lowest BCUT2D eigenvalue weighted by atomic mass is 10.1. The molecule has 3 rings (SSSR count). The van der Waals surface area contributed by atoms with Crippen molar-refractivity contribution in [1.82, 2.24) is 0 Å². The van der Waals surface area contributed by atoms with Crippen LogP contribution in [0.25, 0.3) is 0 Å². The number of hydrogen-bond donors (Lipinski definition) is 1. The summed E-state index contributed by atoms with van der Waals surface area (Å²) in [6.07, 6.45) is 2.42. The Balaban J connectivity index is 1.81. The van der Waals surface area contributed by atoms with E-state index in [1.54, 1.807) is 55.5 Å². The number of ether oxygens (including phenoxy) is 3. The molecule has 1 heterocycles. The third-order valence-corrected chi connectivity index (χ3v) is 4.70. The highest BCUT2D eigenvalue weighted by molar-refractivity contribution is 6.05. The van der Waals surface area contributed by atoms with Crippen LogP contribution in [0.2, 0.25) is 0 Å². The van der Waals surface area contributed by atoms with Crippen molar-refractivity contribution in [1.29, 1.82) is 0 Å². The predicted octanol–water partition coefficient (Wildman–Crippen LogP) is 3.48. The number of carbonyl (C=O) groups is 2. The first kappa shape index (κ1) is 19.5. The van der Waals surface area contributed by atoms with Crippen LogP contribution >= 0.6 is 0 Å². The van der Waals surface area contributed by atoms with E-state index < -0.39 is 0 Å². The molecule has 0 atom stereocenters. The normalized spacial score (nSPS) is 13.8. The highest BCUT2D eigenvalue weighted by atomic mass is 16.5. The van der Waals surface area contributed by atoms with Crippen LogP contribution in [-0.2, 0) is 4.79 Å². The molecule has 0 aliphatic carbocycles. The van der Waals surface area contributed by atoms with Crippen LogP contribution in [0.15, 0.2) is 36.4 Å². The number of carbonyl (C=O) groups excluding carboxylic acids is 2. The highest BCUT2D eigenvalue weighted by Crippen LogP contribution is 2.34. The van der Waals surface area contributed by atoms with Gasteiger partial charge in [0.1, 0.15) is 5.75 Å². The second-order valence-electron chi connectivity index (χ2n) is 6.41. The molecule has 1 N–H and O–H groups in total. The van der Waals surface area contributed by atoms with E-state index in [-0.39, 0.29) is 11.8 Å². The summed E-state index contributed by atoms with van der Waals surface area (Å²) in [7, 11) is 4.61. The maximum atomic E-state index is 12.6. The van der Waals surface area contributed by atoms with E-state index in [0.717, 1.165) is 18.5 Å². The van der Waals surface area contributed by atoms with Crippen molar-refractivity contribution >= 4 is 23.2 Å². The van der Waals surface area contributed by atoms with Crippen LogP contribution in [-0.4, -0.2) is 39.7 Å². The predicted molar refractivity (Wildman–Crippen MR) is 107 cm³/mol. The zero-order chi connectivity index (χ0) is 20.1. The summed E-state index contributed by atoms with van der Waals surface area (Å²) in [6, 6.07) is 10.2. The largest absolute Gasteiger partial charge is 0.494 e. The highest BCUT2D eigenvalue weighted by Gasteiger charge is 2.23. The minimum Gasteiger partial charge on any atom is -0.494 e. The van der Waals surface area contributed by atoms with E-state index in [4.69, 9.17) is 14.2 Å². The third kappa shape index (κ3) is 4.03. The molecule has 148 valence electrons. The molecule has 2 amide bonds. The van der Waals surface area contributed by atoms with E-state index >= 15 is 0 Å². The first-order valence-electron chi connectivity index (χ1n) is 9.09. The fraction of sp³-hybridized carbons (Fsp3) is 0.333. The minimum atomic E-state index is -0.287. The Morgan fingerprint density at radius 1 is 0.929 bits per heavy atom. The molecule has 1 aliphatic heterocycles. The summed E-state index contributed by atoms with van der Waals surface area (Å²) in [5.41, 5.74) is 1.73. The Kier molecular flexibility index (Phi) is 6.03. The Bertz CT molecular complexity index is 881. The molecule has 0 bridgehead atoms. The van der Waals surface area contributed by atoms with E-state index in [1.807, 2.05) is 0 Å². The molecule has 0 unspecified atom stereocenters. The number of anilines is 2. The van der Waals surface area contributed by atoms with Crippen LogP contribution < -0.4 is 24.4 Å². The fourth-order valence-electron chi connectivity index (χ4n) is 3.22. The number of amides is 2. The van der Waals surface area contributed by atoms with Gasteiger partial charge in [0.15, 0.2) is 11.5 Å². The molecule has 1 aliphatic rings. The van der Waals surface area contributed by atoms with Gasteiger partial charge in [-0.05, 0) is 43.2 Å². The number of hydrogen-bond acceptors (Lipinski definition) is 5. The third-order valence-electron chi connectivity index (χ3n) is 4.70. The smallest absolute Gasteiger partial charge is 0.255 e. The van der Waals surface area contributed by atoms with Gasteiger partial charge in [-0.1, -0.05) is 0 Å². The molecule has 0 saturated carbocycles. The van der Waals surface area contributed by atoms with Crippen LogP contribution in [0, 0.1) is 0 Å². The number of piperidine rings is 1. The molecule has 0 radical (unpaired) electrons. The van der Waals surface area contributed by atoms with Crippen molar-refractivity contribution in [2.24, 2.45) is 0 Å². The van der Waals surface area contributed by atoms with Crippen molar-refractivity contribution in [2.75, 3.05) is 38.1 Å². The number of nitrogens with one attached hydrogen (secondary N) is 1. The molecule has 2 aromatic carbocycles. The number of nitrogens with zero attached hydrogens (tertiary/aromatic N) is 1. The lowest BCUT2D eigenvalue weighted by Gasteiger charge is -2.28. The average molecular weight is 384 g/mol. The Labute approximate surface area is 164 Å². The second kappa shape index (κ2) is 8.65. The van der Waals surface area contributed by atoms with Crippen LogP contribution in [0.4, 0.5) is 11.4 Å². The average Bonchev–Trinajstić information content (AvgIpc) is 2.73. The van der Waals surface area contributed by atoms with Gasteiger partial charge in [0.05, 0.1) is 27.0 Å². The van der Waals surface area contributed by atoms with Gasteiger partial charge in [-0.2, -0.15) is 0 Å². The maximum Gasteiger partial charge on any atom is 0.255 e. The quantitative estimate of drug-likeness (QED) is 0.825. The van der Waals surface area contributed by atoms with Gasteiger partial charge in [0, 0.05) is 30.3 Å². The van der Waals surface area contributed by atoms with Gasteiger partial charge in [-0.25, -0.2) is 0 Å². The summed E-state index contributed by atoms with van der Waals surface area (Å²) >= 11 is 0. The Morgan fingerprint density at radius 3 is 2.36 bits per heavy atom. The molecule has 1 fully saturated rings. The molecule has 0 aromatic heterocycles. The standard InChI is InChI=1S/C21H24N2O5/c1-26-17-10-7-14(12-19(17)28-3)21(25)22-15-8-9-16(18(13-15)27-2)23-11-5-4-6-20(23)24/h7-10,12-13H,4-6,11H2,1-3H3,(H,22,25). The van der Waals surface area contributed by atoms with Crippen molar-refractivity contribution in [3.63, 3.8) is 0 Å². The molecule has 7 nitrogen and oxygen atoms in total. The van der Waals surface area contributed by atoms with Gasteiger partial charge in [-0.3, -0.25) is 9.59 Å². The summed E-state index contributed by atoms with van der Waals surface area (Å²) < 4.78 is 15.9. The number of rotatable bonds is 6. The van der Waals surface area contributed by atoms with E-state index in [0.29, 0.717) is 41.5 Å². The van der Waals surface area contributed by atoms with E-state index in [2.05, 4.69) is 5.32 Å². The molecular weight excluding hydrogens is 360 g/mol. The molecule has 0 spiro atoms. The maximum absolute atomic E-state index is 12.6. The summed E-state index contributed by atoms with van der Waals surface area (Å²) in [6.45, 7) is 0.673. The van der Waals surface area contributed by atoms with E-state index in [1.165, 1.54) is 7.11 Å². The Morgan fingerprint density at radius 2 is 1.68 bits per heavy atom. The van der Waals surface area contributed by atoms with Crippen LogP contribution in [0.3, 0.4) is 0 Å². The van der Waals surface area contributed by atoms with Gasteiger partial charge in [0.2, 0.25) is 5.91 Å².